The molecule has 0 aliphatic heterocycles. The summed E-state index contributed by atoms with van der Waals surface area (Å²) in [5, 5.41) is 8.57. The molecule has 1 aromatic carbocycles. The Labute approximate surface area is 75.2 Å². The van der Waals surface area contributed by atoms with Gasteiger partial charge in [0.15, 0.2) is 0 Å². The first-order valence-electron chi connectivity index (χ1n) is 3.01. The van der Waals surface area contributed by atoms with Gasteiger partial charge in [-0.1, -0.05) is 18.2 Å². The average Bonchev–Trinajstić information content (AvgIpc) is 1.88. The Balaban J connectivity index is 0.000001000. The maximum Gasteiger partial charge on any atom is 0.335 e. The van der Waals surface area contributed by atoms with Crippen LogP contribution in [-0.2, 0) is 16.5 Å². The molecule has 0 amide bonds. The van der Waals surface area contributed by atoms with E-state index < -0.39 is 5.97 Å². The fourth-order valence-corrected chi connectivity index (χ4v) is 0.813. The molecule has 0 atom stereocenters. The van der Waals surface area contributed by atoms with Gasteiger partial charge in [0.05, 0.1) is 5.56 Å². The molecule has 1 rings (SSSR count). The number of benzene rings is 1. The first-order chi connectivity index (χ1) is 4.72. The van der Waals surface area contributed by atoms with Crippen LogP contribution in [0.3, 0.4) is 0 Å². The minimum absolute atomic E-state index is 0. The van der Waals surface area contributed by atoms with Crippen LogP contribution in [0.1, 0.15) is 15.9 Å². The van der Waals surface area contributed by atoms with Gasteiger partial charge in [0.1, 0.15) is 0 Å². The van der Waals surface area contributed by atoms with E-state index in [9.17, 15) is 4.79 Å². The van der Waals surface area contributed by atoms with Crippen LogP contribution in [-0.4, -0.2) is 11.1 Å². The zero-order chi connectivity index (χ0) is 7.56. The molecular formula is C8H8NiO2. The number of aromatic carboxylic acids is 1. The van der Waals surface area contributed by atoms with Crippen LogP contribution in [0.25, 0.3) is 0 Å². The zero-order valence-corrected chi connectivity index (χ0v) is 6.97. The molecule has 0 radical (unpaired) electrons. The molecule has 0 aliphatic rings. The molecule has 0 aliphatic carbocycles. The minimum atomic E-state index is -0.863. The van der Waals surface area contributed by atoms with Crippen LogP contribution in [0.5, 0.6) is 0 Å². The number of carbonyl (C=O) groups is 1. The predicted octanol–water partition coefficient (Wildman–Crippen LogP) is 1.69. The number of carboxylic acid groups (broad SMARTS) is 1. The van der Waals surface area contributed by atoms with E-state index in [2.05, 4.69) is 0 Å². The third kappa shape index (κ3) is 2.36. The van der Waals surface area contributed by atoms with Crippen molar-refractivity contribution in [1.82, 2.24) is 0 Å². The second-order valence-electron chi connectivity index (χ2n) is 2.12. The van der Waals surface area contributed by atoms with Crippen molar-refractivity contribution >= 4 is 5.97 Å². The molecule has 0 fully saturated rings. The summed E-state index contributed by atoms with van der Waals surface area (Å²) in [4.78, 5) is 10.4. The summed E-state index contributed by atoms with van der Waals surface area (Å²) in [5.41, 5.74) is 1.18. The summed E-state index contributed by atoms with van der Waals surface area (Å²) >= 11 is 0. The van der Waals surface area contributed by atoms with Crippen LogP contribution in [0.2, 0.25) is 0 Å². The van der Waals surface area contributed by atoms with E-state index in [0.717, 1.165) is 5.56 Å². The molecule has 0 bridgehead atoms. The van der Waals surface area contributed by atoms with Crippen LogP contribution in [0.15, 0.2) is 24.3 Å². The summed E-state index contributed by atoms with van der Waals surface area (Å²) in [6, 6.07) is 6.92. The third-order valence-corrected chi connectivity index (χ3v) is 1.38. The maximum absolute atomic E-state index is 10.4. The van der Waals surface area contributed by atoms with Gasteiger partial charge in [-0.25, -0.2) is 4.79 Å². The Morgan fingerprint density at radius 3 is 2.27 bits per heavy atom. The van der Waals surface area contributed by atoms with E-state index in [-0.39, 0.29) is 16.5 Å². The van der Waals surface area contributed by atoms with Crippen molar-refractivity contribution in [3.05, 3.63) is 35.4 Å². The number of hydrogen-bond donors (Lipinski definition) is 1. The monoisotopic (exact) mass is 194 g/mol. The fourth-order valence-electron chi connectivity index (χ4n) is 0.813. The van der Waals surface area contributed by atoms with E-state index in [1.807, 2.05) is 6.07 Å². The van der Waals surface area contributed by atoms with Crippen molar-refractivity contribution < 1.29 is 26.4 Å². The second kappa shape index (κ2) is 4.14. The molecule has 0 spiro atoms. The first kappa shape index (κ1) is 10.2. The van der Waals surface area contributed by atoms with Crippen LogP contribution in [0.4, 0.5) is 0 Å². The predicted molar refractivity (Wildman–Crippen MR) is 38.1 cm³/mol. The zero-order valence-electron chi connectivity index (χ0n) is 5.98. The minimum Gasteiger partial charge on any atom is -0.478 e. The van der Waals surface area contributed by atoms with Crippen molar-refractivity contribution in [2.24, 2.45) is 0 Å². The summed E-state index contributed by atoms with van der Waals surface area (Å²) in [6.45, 7) is 1.78. The summed E-state index contributed by atoms with van der Waals surface area (Å²) in [6.07, 6.45) is 0. The van der Waals surface area contributed by atoms with E-state index in [1.165, 1.54) is 0 Å². The molecule has 62 valence electrons. The normalized spacial score (nSPS) is 8.45. The quantitative estimate of drug-likeness (QED) is 0.692. The van der Waals surface area contributed by atoms with Crippen molar-refractivity contribution in [2.75, 3.05) is 0 Å². The molecule has 1 aromatic rings. The van der Waals surface area contributed by atoms with Crippen LogP contribution in [0, 0.1) is 6.92 Å². The smallest absolute Gasteiger partial charge is 0.335 e. The topological polar surface area (TPSA) is 37.3 Å². The Kier molecular flexibility index (Phi) is 3.84. The van der Waals surface area contributed by atoms with Gasteiger partial charge in [-0.05, 0) is 18.6 Å². The molecule has 2 nitrogen and oxygen atoms in total. The van der Waals surface area contributed by atoms with E-state index in [4.69, 9.17) is 5.11 Å². The van der Waals surface area contributed by atoms with Gasteiger partial charge in [0, 0.05) is 16.5 Å². The first-order valence-corrected chi connectivity index (χ1v) is 3.01. The van der Waals surface area contributed by atoms with Crippen molar-refractivity contribution in [3.63, 3.8) is 0 Å². The van der Waals surface area contributed by atoms with Crippen LogP contribution >= 0.6 is 0 Å². The van der Waals surface area contributed by atoms with Crippen LogP contribution < -0.4 is 0 Å². The third-order valence-electron chi connectivity index (χ3n) is 1.38. The van der Waals surface area contributed by atoms with Gasteiger partial charge in [0.2, 0.25) is 0 Å². The summed E-state index contributed by atoms with van der Waals surface area (Å²) in [7, 11) is 0. The molecule has 0 saturated heterocycles. The van der Waals surface area contributed by atoms with Crippen molar-refractivity contribution in [2.45, 2.75) is 6.92 Å². The Bertz CT molecular complexity index is 258. The van der Waals surface area contributed by atoms with Crippen molar-refractivity contribution in [1.29, 1.82) is 0 Å². The van der Waals surface area contributed by atoms with E-state index in [1.54, 1.807) is 25.1 Å². The van der Waals surface area contributed by atoms with Gasteiger partial charge >= 0.3 is 5.97 Å². The number of rotatable bonds is 1. The Hall–Kier alpha value is -0.816. The largest absolute Gasteiger partial charge is 0.478 e. The van der Waals surface area contributed by atoms with Gasteiger partial charge < -0.3 is 5.11 Å². The number of hydrogen-bond acceptors (Lipinski definition) is 1. The maximum atomic E-state index is 10.4. The number of carboxylic acids is 1. The summed E-state index contributed by atoms with van der Waals surface area (Å²) < 4.78 is 0. The van der Waals surface area contributed by atoms with Gasteiger partial charge in [-0.3, -0.25) is 0 Å². The fraction of sp³-hybridized carbons (Fsp3) is 0.125. The number of aryl methyl sites for hydroxylation is 1. The molecule has 0 unspecified atom stereocenters. The van der Waals surface area contributed by atoms with E-state index >= 15 is 0 Å². The molecule has 0 saturated carbocycles. The van der Waals surface area contributed by atoms with Gasteiger partial charge in [-0.15, -0.1) is 0 Å². The second-order valence-corrected chi connectivity index (χ2v) is 2.12. The Morgan fingerprint density at radius 2 is 1.91 bits per heavy atom. The Morgan fingerprint density at radius 1 is 1.36 bits per heavy atom. The molecule has 1 N–H and O–H groups in total. The standard InChI is InChI=1S/C8H8O2.Ni/c1-6-4-2-3-5-7(6)8(9)10;/h2-5H,1H3,(H,9,10);. The van der Waals surface area contributed by atoms with Gasteiger partial charge in [0.25, 0.3) is 0 Å². The molecule has 0 heterocycles. The molecule has 11 heavy (non-hydrogen) atoms. The average molecular weight is 195 g/mol. The molecular weight excluding hydrogens is 187 g/mol. The SMILES string of the molecule is Cc1ccccc1C(=O)O.[Ni]. The van der Waals surface area contributed by atoms with E-state index in [0.29, 0.717) is 5.56 Å². The molecule has 3 heteroatoms. The molecule has 0 aromatic heterocycles. The van der Waals surface area contributed by atoms with Crippen molar-refractivity contribution in [3.8, 4) is 0 Å². The van der Waals surface area contributed by atoms with Gasteiger partial charge in [-0.2, -0.15) is 0 Å². The summed E-state index contributed by atoms with van der Waals surface area (Å²) in [5.74, 6) is -0.863.